The number of aliphatic imine (C=N–C) groups is 1. The van der Waals surface area contributed by atoms with Crippen molar-refractivity contribution in [1.82, 2.24) is 4.98 Å². The van der Waals surface area contributed by atoms with Crippen LogP contribution >= 0.6 is 0 Å². The van der Waals surface area contributed by atoms with E-state index in [2.05, 4.69) is 20.6 Å². The number of nitro groups is 1. The molecule has 0 unspecified atom stereocenters. The highest BCUT2D eigenvalue weighted by Gasteiger charge is 2.16. The third kappa shape index (κ3) is 4.83. The molecular weight excluding hydrogens is 434 g/mol. The summed E-state index contributed by atoms with van der Waals surface area (Å²) in [5, 5.41) is 16.2. The lowest BCUT2D eigenvalue weighted by atomic mass is 10.1. The maximum Gasteiger partial charge on any atom is 0.323 e. The summed E-state index contributed by atoms with van der Waals surface area (Å²) in [6, 6.07) is 19.6. The number of non-ortho nitro benzene ring substituents is 1. The highest BCUT2D eigenvalue weighted by molar-refractivity contribution is 6.06. The average Bonchev–Trinajstić information content (AvgIpc) is 2.94. The lowest BCUT2D eigenvalue weighted by Gasteiger charge is -2.10. The van der Waals surface area contributed by atoms with Crippen LogP contribution in [0.25, 0.3) is 11.3 Å². The van der Waals surface area contributed by atoms with Crippen LogP contribution in [0.5, 0.6) is 0 Å². The number of aromatic amines is 1. The van der Waals surface area contributed by atoms with E-state index in [-0.39, 0.29) is 11.2 Å². The Morgan fingerprint density at radius 3 is 2.47 bits per heavy atom. The Balaban J connectivity index is 1.57. The number of urea groups is 1. The maximum absolute atomic E-state index is 12.6. The molecular formula is C25H21N5O4. The van der Waals surface area contributed by atoms with Crippen molar-refractivity contribution < 1.29 is 9.72 Å². The predicted octanol–water partition coefficient (Wildman–Crippen LogP) is 5.48. The van der Waals surface area contributed by atoms with Crippen molar-refractivity contribution in [3.8, 4) is 11.3 Å². The van der Waals surface area contributed by atoms with Gasteiger partial charge < -0.3 is 15.6 Å². The summed E-state index contributed by atoms with van der Waals surface area (Å²) in [7, 11) is 0. The second-order valence-corrected chi connectivity index (χ2v) is 7.65. The van der Waals surface area contributed by atoms with Crippen LogP contribution in [-0.4, -0.2) is 21.7 Å². The van der Waals surface area contributed by atoms with E-state index in [0.29, 0.717) is 28.3 Å². The number of aromatic nitrogens is 1. The van der Waals surface area contributed by atoms with Gasteiger partial charge in [0, 0.05) is 34.8 Å². The van der Waals surface area contributed by atoms with E-state index in [1.807, 2.05) is 43.3 Å². The van der Waals surface area contributed by atoms with Crippen LogP contribution in [0, 0.1) is 17.0 Å². The van der Waals surface area contributed by atoms with E-state index in [1.54, 1.807) is 25.1 Å². The highest BCUT2D eigenvalue weighted by atomic mass is 16.6. The zero-order chi connectivity index (χ0) is 24.2. The number of benzene rings is 2. The molecule has 4 rings (SSSR count). The molecule has 0 fully saturated rings. The van der Waals surface area contributed by atoms with Gasteiger partial charge in [-0.05, 0) is 43.7 Å². The molecule has 2 aromatic rings. The second kappa shape index (κ2) is 9.37. The number of aryl methyl sites for hydroxylation is 1. The van der Waals surface area contributed by atoms with Crippen LogP contribution in [0.4, 0.5) is 27.5 Å². The maximum atomic E-state index is 12.6. The Morgan fingerprint density at radius 2 is 1.71 bits per heavy atom. The molecule has 1 aliphatic carbocycles. The Bertz CT molecular complexity index is 1460. The van der Waals surface area contributed by atoms with Crippen molar-refractivity contribution in [1.29, 1.82) is 0 Å². The average molecular weight is 455 g/mol. The summed E-state index contributed by atoms with van der Waals surface area (Å²) in [5.74, 6) is 0. The van der Waals surface area contributed by atoms with Crippen molar-refractivity contribution in [2.75, 3.05) is 10.6 Å². The van der Waals surface area contributed by atoms with Gasteiger partial charge in [0.25, 0.3) is 11.2 Å². The van der Waals surface area contributed by atoms with Crippen LogP contribution in [0.2, 0.25) is 0 Å². The first-order valence-corrected chi connectivity index (χ1v) is 10.4. The van der Waals surface area contributed by atoms with Crippen molar-refractivity contribution >= 4 is 34.5 Å². The van der Waals surface area contributed by atoms with Gasteiger partial charge in [-0.15, -0.1) is 0 Å². The van der Waals surface area contributed by atoms with Gasteiger partial charge in [0.15, 0.2) is 0 Å². The molecule has 170 valence electrons. The number of nitrogens with one attached hydrogen (secondary N) is 3. The van der Waals surface area contributed by atoms with Crippen molar-refractivity contribution in [2.45, 2.75) is 13.8 Å². The third-order valence-electron chi connectivity index (χ3n) is 5.21. The molecule has 0 saturated carbocycles. The predicted molar refractivity (Wildman–Crippen MR) is 132 cm³/mol. The molecule has 0 radical (unpaired) electrons. The second-order valence-electron chi connectivity index (χ2n) is 7.65. The van der Waals surface area contributed by atoms with Crippen LogP contribution in [0.15, 0.2) is 82.6 Å². The van der Waals surface area contributed by atoms with Crippen molar-refractivity contribution in [3.63, 3.8) is 0 Å². The first-order chi connectivity index (χ1) is 16.3. The van der Waals surface area contributed by atoms with Crippen LogP contribution < -0.4 is 16.2 Å². The summed E-state index contributed by atoms with van der Waals surface area (Å²) in [6.07, 6.45) is 0. The van der Waals surface area contributed by atoms with E-state index < -0.39 is 11.0 Å². The number of fused-ring (bicyclic) bond motifs is 1. The van der Waals surface area contributed by atoms with E-state index in [0.717, 1.165) is 16.8 Å². The third-order valence-corrected chi connectivity index (χ3v) is 5.21. The Hall–Kier alpha value is -4.79. The number of amides is 2. The summed E-state index contributed by atoms with van der Waals surface area (Å²) in [5.41, 5.74) is 4.44. The molecule has 1 heterocycles. The van der Waals surface area contributed by atoms with Gasteiger partial charge in [-0.3, -0.25) is 19.9 Å². The van der Waals surface area contributed by atoms with Gasteiger partial charge in [-0.1, -0.05) is 36.4 Å². The Kier molecular flexibility index (Phi) is 6.18. The topological polar surface area (TPSA) is 129 Å². The zero-order valence-corrected chi connectivity index (χ0v) is 18.5. The van der Waals surface area contributed by atoms with Crippen LogP contribution in [-0.2, 0) is 0 Å². The molecule has 0 aromatic heterocycles. The fourth-order valence-corrected chi connectivity index (χ4v) is 3.58. The van der Waals surface area contributed by atoms with E-state index in [1.165, 1.54) is 18.2 Å². The molecule has 0 spiro atoms. The van der Waals surface area contributed by atoms with Gasteiger partial charge >= 0.3 is 6.03 Å². The zero-order valence-electron chi connectivity index (χ0n) is 18.5. The van der Waals surface area contributed by atoms with Gasteiger partial charge in [0.05, 0.1) is 21.9 Å². The molecule has 0 atom stereocenters. The number of H-pyrrole nitrogens is 1. The SMILES string of the molecule is C/C(=N\c1cc(NC(=O)Nc2cccc([N+](=O)[O-])c2)ccc1C)c1c2cccccc-2[nH]c1=O. The van der Waals surface area contributed by atoms with Gasteiger partial charge in [-0.25, -0.2) is 4.79 Å². The number of nitrogens with zero attached hydrogens (tertiary/aromatic N) is 2. The molecule has 0 bridgehead atoms. The van der Waals surface area contributed by atoms with Crippen molar-refractivity contribution in [3.05, 3.63) is 104 Å². The van der Waals surface area contributed by atoms with Gasteiger partial charge in [0.2, 0.25) is 0 Å². The summed E-state index contributed by atoms with van der Waals surface area (Å²) in [6.45, 7) is 3.65. The molecule has 3 N–H and O–H groups in total. The smallest absolute Gasteiger partial charge is 0.321 e. The number of anilines is 2. The van der Waals surface area contributed by atoms with E-state index in [4.69, 9.17) is 0 Å². The molecule has 9 nitrogen and oxygen atoms in total. The van der Waals surface area contributed by atoms with E-state index in [9.17, 15) is 19.7 Å². The van der Waals surface area contributed by atoms with E-state index >= 15 is 0 Å². The lowest BCUT2D eigenvalue weighted by molar-refractivity contribution is -0.384. The van der Waals surface area contributed by atoms with Crippen LogP contribution in [0.1, 0.15) is 18.1 Å². The number of rotatable bonds is 5. The lowest BCUT2D eigenvalue weighted by Crippen LogP contribution is -2.19. The minimum atomic E-state index is -0.554. The largest absolute Gasteiger partial charge is 0.323 e. The highest BCUT2D eigenvalue weighted by Crippen LogP contribution is 2.27. The first-order valence-electron chi connectivity index (χ1n) is 10.4. The molecule has 2 aliphatic rings. The Labute approximate surface area is 194 Å². The normalized spacial score (nSPS) is 11.3. The fourth-order valence-electron chi connectivity index (χ4n) is 3.58. The number of carbonyl (C=O) groups excluding carboxylic acids is 1. The number of hydrogen-bond donors (Lipinski definition) is 3. The van der Waals surface area contributed by atoms with Gasteiger partial charge in [0.1, 0.15) is 0 Å². The minimum absolute atomic E-state index is 0.121. The first kappa shape index (κ1) is 22.4. The Morgan fingerprint density at radius 1 is 0.971 bits per heavy atom. The molecule has 2 aromatic carbocycles. The molecule has 34 heavy (non-hydrogen) atoms. The standard InChI is InChI=1S/C25H21N5O4/c1-15-11-12-18(28-25(32)27-17-7-6-8-19(13-17)30(33)34)14-22(15)26-16(2)23-20-9-4-3-5-10-21(20)29-24(23)31/h3-14H,1-2H3,(H,29,31)(H2,27,28,32)/b26-16+. The fraction of sp³-hybridized carbons (Fsp3) is 0.0800. The molecule has 1 aliphatic heterocycles. The monoisotopic (exact) mass is 455 g/mol. The molecule has 0 saturated heterocycles. The summed E-state index contributed by atoms with van der Waals surface area (Å²) in [4.78, 5) is 42.9. The summed E-state index contributed by atoms with van der Waals surface area (Å²) < 4.78 is 0. The molecule has 9 heteroatoms. The number of hydrogen-bond acceptors (Lipinski definition) is 5. The quantitative estimate of drug-likeness (QED) is 0.209. The minimum Gasteiger partial charge on any atom is -0.321 e. The summed E-state index contributed by atoms with van der Waals surface area (Å²) >= 11 is 0. The number of carbonyl (C=O) groups is 1. The molecule has 2 amide bonds. The van der Waals surface area contributed by atoms with Gasteiger partial charge in [-0.2, -0.15) is 0 Å². The van der Waals surface area contributed by atoms with Crippen LogP contribution in [0.3, 0.4) is 0 Å². The van der Waals surface area contributed by atoms with Crippen molar-refractivity contribution in [2.24, 2.45) is 4.99 Å². The number of nitro benzene ring substituents is 1.